The molecule has 2 amide bonds. The molecule has 584 valence electrons. The number of carbonyl (C=O) groups is 4. The molecule has 0 aliphatic heterocycles. The van der Waals surface area contributed by atoms with Gasteiger partial charge in [-0.3, -0.25) is 28.8 Å². The number of alkyl halides is 12. The number of likely N-dealkylation sites (N-methyl/N-ethyl adjacent to an activating group) is 2. The first-order chi connectivity index (χ1) is 49.1. The second-order valence-corrected chi connectivity index (χ2v) is 27.1. The molecule has 0 radical (unpaired) electrons. The molecule has 0 aliphatic rings. The highest BCUT2D eigenvalue weighted by Crippen LogP contribution is 2.45. The molecular formula is C76H90F16N6O8. The van der Waals surface area contributed by atoms with E-state index in [0.717, 1.165) is 27.1 Å². The van der Waals surface area contributed by atoms with E-state index in [-0.39, 0.29) is 67.6 Å². The first kappa shape index (κ1) is 88.1. The lowest BCUT2D eigenvalue weighted by Crippen LogP contribution is -2.41. The summed E-state index contributed by atoms with van der Waals surface area (Å²) in [6.45, 7) is 27.0. The molecule has 0 bridgehead atoms. The van der Waals surface area contributed by atoms with Gasteiger partial charge >= 0.3 is 36.6 Å². The van der Waals surface area contributed by atoms with Crippen LogP contribution in [-0.4, -0.2) is 93.7 Å². The molecule has 0 aliphatic carbocycles. The number of nitrogens with one attached hydrogen (secondary N) is 2. The van der Waals surface area contributed by atoms with Crippen LogP contribution in [0.2, 0.25) is 0 Å². The highest BCUT2D eigenvalue weighted by molar-refractivity contribution is 5.84. The third-order valence-electron chi connectivity index (χ3n) is 18.1. The molecule has 30 heteroatoms. The predicted molar refractivity (Wildman–Crippen MR) is 369 cm³/mol. The summed E-state index contributed by atoms with van der Waals surface area (Å²) in [6, 6.07) is 0.112. The van der Waals surface area contributed by atoms with E-state index in [2.05, 4.69) is 10.6 Å². The third-order valence-corrected chi connectivity index (χ3v) is 18.1. The number of ether oxygens (including phenoxy) is 1. The van der Waals surface area contributed by atoms with Crippen molar-refractivity contribution in [2.75, 3.05) is 45.9 Å². The topological polar surface area (TPSA) is 172 Å². The van der Waals surface area contributed by atoms with Gasteiger partial charge in [0.05, 0.1) is 53.8 Å². The smallest absolute Gasteiger partial charge is 0.419 e. The Bertz CT molecular complexity index is 4220. The van der Waals surface area contributed by atoms with Crippen molar-refractivity contribution in [3.63, 3.8) is 0 Å². The second-order valence-electron chi connectivity index (χ2n) is 27.1. The highest BCUT2D eigenvalue weighted by atomic mass is 19.4. The number of nitrogens with zero attached hydrogens (tertiary/aromatic N) is 4. The van der Waals surface area contributed by atoms with Crippen molar-refractivity contribution in [2.24, 2.45) is 11.8 Å². The van der Waals surface area contributed by atoms with E-state index in [1.54, 1.807) is 65.8 Å². The summed E-state index contributed by atoms with van der Waals surface area (Å²) in [4.78, 5) is 83.3. The van der Waals surface area contributed by atoms with Crippen molar-refractivity contribution < 1.29 is 99.3 Å². The van der Waals surface area contributed by atoms with E-state index in [0.29, 0.717) is 78.3 Å². The zero-order valence-corrected chi connectivity index (χ0v) is 61.6. The molecule has 6 aromatic rings. The zero-order valence-electron chi connectivity index (χ0n) is 61.6. The summed E-state index contributed by atoms with van der Waals surface area (Å²) < 4.78 is 242. The molecule has 2 heterocycles. The normalized spacial score (nSPS) is 13.4. The maximum Gasteiger partial charge on any atom is 0.419 e. The van der Waals surface area contributed by atoms with Gasteiger partial charge in [0.2, 0.25) is 11.8 Å². The van der Waals surface area contributed by atoms with Crippen LogP contribution in [0, 0.1) is 76.6 Å². The third kappa shape index (κ3) is 22.1. The molecule has 4 atom stereocenters. The fraction of sp³-hybridized carbons (Fsp3) is 0.500. The van der Waals surface area contributed by atoms with Crippen molar-refractivity contribution in [3.8, 4) is 22.3 Å². The molecule has 6 rings (SSSR count). The number of carboxylic acids is 1. The summed E-state index contributed by atoms with van der Waals surface area (Å²) in [5, 5.41) is 14.2. The number of esters is 1. The van der Waals surface area contributed by atoms with Gasteiger partial charge < -0.3 is 39.4 Å². The Morgan fingerprint density at radius 2 is 0.783 bits per heavy atom. The molecule has 0 fully saturated rings. The van der Waals surface area contributed by atoms with Crippen LogP contribution in [0.25, 0.3) is 22.3 Å². The first-order valence-electron chi connectivity index (χ1n) is 34.5. The summed E-state index contributed by atoms with van der Waals surface area (Å²) in [7, 11) is 0. The lowest BCUT2D eigenvalue weighted by atomic mass is 9.88. The lowest BCUT2D eigenvalue weighted by molar-refractivity contribution is -0.144. The van der Waals surface area contributed by atoms with Gasteiger partial charge in [-0.2, -0.15) is 52.7 Å². The maximum atomic E-state index is 16.7. The van der Waals surface area contributed by atoms with Crippen LogP contribution in [-0.2, 0) is 61.5 Å². The van der Waals surface area contributed by atoms with E-state index in [9.17, 15) is 86.6 Å². The summed E-state index contributed by atoms with van der Waals surface area (Å²) in [5.74, 6) is -13.3. The number of carboxylic acid groups (broad SMARTS) is 1. The predicted octanol–water partition coefficient (Wildman–Crippen LogP) is 17.6. The van der Waals surface area contributed by atoms with Crippen LogP contribution in [0.5, 0.6) is 0 Å². The summed E-state index contributed by atoms with van der Waals surface area (Å²) in [5.41, 5.74) is -10.3. The number of aryl methyl sites for hydroxylation is 6. The van der Waals surface area contributed by atoms with Crippen LogP contribution < -0.4 is 21.8 Å². The van der Waals surface area contributed by atoms with Crippen molar-refractivity contribution in [1.82, 2.24) is 29.6 Å². The Hall–Kier alpha value is -8.54. The average Bonchev–Trinajstić information content (AvgIpc) is 0.757. The minimum Gasteiger partial charge on any atom is -0.481 e. The number of hydrogen-bond donors (Lipinski definition) is 3. The Morgan fingerprint density at radius 3 is 1.06 bits per heavy atom. The van der Waals surface area contributed by atoms with Crippen molar-refractivity contribution >= 4 is 23.8 Å². The molecule has 106 heavy (non-hydrogen) atoms. The minimum absolute atomic E-state index is 0.00137. The minimum atomic E-state index is -5.37. The fourth-order valence-electron chi connectivity index (χ4n) is 13.3. The monoisotopic (exact) mass is 1520 g/mol. The first-order valence-corrected chi connectivity index (χ1v) is 34.5. The Labute approximate surface area is 604 Å². The molecule has 0 saturated heterocycles. The van der Waals surface area contributed by atoms with Crippen LogP contribution >= 0.6 is 0 Å². The quantitative estimate of drug-likeness (QED) is 0.0303. The lowest BCUT2D eigenvalue weighted by Gasteiger charge is -2.28. The maximum absolute atomic E-state index is 16.7. The van der Waals surface area contributed by atoms with Gasteiger partial charge in [-0.1, -0.05) is 90.8 Å². The van der Waals surface area contributed by atoms with Gasteiger partial charge in [0.25, 0.3) is 11.1 Å². The van der Waals surface area contributed by atoms with E-state index in [1.165, 1.54) is 34.6 Å². The number of amides is 2. The van der Waals surface area contributed by atoms with Crippen molar-refractivity contribution in [1.29, 1.82) is 0 Å². The number of hydrogen-bond acceptors (Lipinski definition) is 9. The number of benzene rings is 4. The van der Waals surface area contributed by atoms with E-state index in [4.69, 9.17) is 4.74 Å². The van der Waals surface area contributed by atoms with E-state index >= 15 is 17.6 Å². The number of aromatic nitrogens is 2. The van der Waals surface area contributed by atoms with Gasteiger partial charge in [-0.05, 0) is 169 Å². The molecule has 4 aromatic carbocycles. The summed E-state index contributed by atoms with van der Waals surface area (Å²) >= 11 is 0. The Morgan fingerprint density at radius 1 is 0.472 bits per heavy atom. The molecular weight excluding hydrogens is 1430 g/mol. The number of aliphatic carboxylic acids is 1. The largest absolute Gasteiger partial charge is 0.481 e. The van der Waals surface area contributed by atoms with Gasteiger partial charge in [0.1, 0.15) is 35.4 Å². The molecule has 14 nitrogen and oxygen atoms in total. The van der Waals surface area contributed by atoms with Crippen LogP contribution in [0.1, 0.15) is 190 Å². The zero-order chi connectivity index (χ0) is 80.3. The molecule has 0 spiro atoms. The SMILES string of the molecule is CCN(CC)CCc1cn(C(CC(C)C)C(=O)N[C@@H](CC(=O)O)c2c(F)c(-c3c(C)cc(C)cc3C)cc(C(F)(F)F)c2F)c(=O)cc1C(F)(F)F.CCOC(=O)C[C@H](NC(=O)C(CC(C)C)n1cc(CCN(CC)CC)c(C(F)(F)F)cc1=O)c1c(F)c(-c2c(C)cc(C)cc2C)cc(C(F)(F)F)c1F. The summed E-state index contributed by atoms with van der Waals surface area (Å²) in [6.07, 6.45) is -21.8. The standard InChI is InChI=1S/C39H47F8N3O4.C37H43F8N3O4/c1-9-49(10-2)13-12-25-20-50(31(51)18-27(25)38(42,43)44)30(14-21(4)5)37(53)48-29(19-32(52)54-11-3)34-35(40)26(17-28(36(34)41)39(45,46)47)33-23(7)15-22(6)16-24(33)8;1-8-47(9-2)11-10-23-18-48(29(49)16-25(23)36(40,41)42)28(12-19(3)4)35(52)46-27(17-30(50)51)32-33(38)24(15-26(34(32)39)37(43,44)45)31-21(6)13-20(5)14-22(31)7/h15-18,20-21,29-30H,9-14,19H2,1-8H3,(H,48,53);13-16,18-19,27-28H,8-12,17H2,1-7H3,(H,46,52)(H,50,51)/t29-,30?;27-,28?/m00/s1. The average molecular weight is 1520 g/mol. The van der Waals surface area contributed by atoms with Crippen molar-refractivity contribution in [3.05, 3.63) is 183 Å². The van der Waals surface area contributed by atoms with Gasteiger partial charge in [-0.15, -0.1) is 0 Å². The molecule has 3 N–H and O–H groups in total. The number of carbonyl (C=O) groups excluding carboxylic acids is 3. The van der Waals surface area contributed by atoms with Gasteiger partial charge in [0.15, 0.2) is 0 Å². The van der Waals surface area contributed by atoms with E-state index < -0.39 is 176 Å². The van der Waals surface area contributed by atoms with Crippen LogP contribution in [0.3, 0.4) is 0 Å². The van der Waals surface area contributed by atoms with Crippen molar-refractivity contribution in [2.45, 2.75) is 191 Å². The molecule has 2 aromatic heterocycles. The number of pyridine rings is 2. The Kier molecular flexibility index (Phi) is 30.2. The van der Waals surface area contributed by atoms with Gasteiger partial charge in [0, 0.05) is 59.9 Å². The fourth-order valence-corrected chi connectivity index (χ4v) is 13.3. The van der Waals surface area contributed by atoms with Crippen LogP contribution in [0.15, 0.2) is 70.5 Å². The van der Waals surface area contributed by atoms with Gasteiger partial charge in [-0.25, -0.2) is 17.6 Å². The number of rotatable bonds is 29. The van der Waals surface area contributed by atoms with E-state index in [1.807, 2.05) is 37.5 Å². The molecule has 2 unspecified atom stereocenters. The Balaban J connectivity index is 0.000000381. The second kappa shape index (κ2) is 36.4. The highest BCUT2D eigenvalue weighted by Gasteiger charge is 2.44. The number of halogens is 16. The van der Waals surface area contributed by atoms with Crippen LogP contribution in [0.4, 0.5) is 70.2 Å². The molecule has 0 saturated carbocycles.